The van der Waals surface area contributed by atoms with Crippen LogP contribution in [0.15, 0.2) is 17.0 Å². The molecule has 1 aromatic carbocycles. The summed E-state index contributed by atoms with van der Waals surface area (Å²) < 4.78 is 53.3. The summed E-state index contributed by atoms with van der Waals surface area (Å²) in [6, 6.07) is 1.51. The van der Waals surface area contributed by atoms with Gasteiger partial charge in [0.05, 0.1) is 22.2 Å². The Bertz CT molecular complexity index is 795. The summed E-state index contributed by atoms with van der Waals surface area (Å²) in [5, 5.41) is 4.11. The zero-order valence-electron chi connectivity index (χ0n) is 11.2. The van der Waals surface area contributed by atoms with Crippen LogP contribution in [0.25, 0.3) is 0 Å². The lowest BCUT2D eigenvalue weighted by Crippen LogP contribution is -2.13. The van der Waals surface area contributed by atoms with Gasteiger partial charge in [-0.3, -0.25) is 4.68 Å². The van der Waals surface area contributed by atoms with Crippen LogP contribution in [0.4, 0.5) is 14.5 Å². The van der Waals surface area contributed by atoms with Crippen molar-refractivity contribution in [3.8, 4) is 0 Å². The number of anilines is 1. The van der Waals surface area contributed by atoms with Gasteiger partial charge < -0.3 is 5.73 Å². The third-order valence-electron chi connectivity index (χ3n) is 2.92. The average molecular weight is 336 g/mol. The lowest BCUT2D eigenvalue weighted by molar-refractivity contribution is 0.519. The number of aromatic nitrogens is 2. The molecule has 0 aliphatic heterocycles. The van der Waals surface area contributed by atoms with Crippen LogP contribution < -0.4 is 5.73 Å². The first-order valence-corrected chi connectivity index (χ1v) is 7.81. The van der Waals surface area contributed by atoms with Gasteiger partial charge in [0.2, 0.25) is 0 Å². The van der Waals surface area contributed by atoms with Crippen LogP contribution in [0.5, 0.6) is 0 Å². The number of nitrogen functional groups attached to an aromatic ring is 1. The standard InChI is InChI=1S/C12H12ClF2N3O2S/c1-6-11(13)10(18(2)17-6)5-21(19,20)12-8(14)3-7(16)4-9(12)15/h3-4H,5,16H2,1-2H3. The molecule has 0 bridgehead atoms. The molecule has 2 aromatic rings. The molecular weight excluding hydrogens is 324 g/mol. The van der Waals surface area contributed by atoms with E-state index in [0.717, 1.165) is 12.1 Å². The Morgan fingerprint density at radius 1 is 1.33 bits per heavy atom. The summed E-state index contributed by atoms with van der Waals surface area (Å²) in [5.74, 6) is -3.13. The number of benzene rings is 1. The molecule has 5 nitrogen and oxygen atoms in total. The van der Waals surface area contributed by atoms with Crippen molar-refractivity contribution in [3.05, 3.63) is 40.2 Å². The molecule has 0 radical (unpaired) electrons. The van der Waals surface area contributed by atoms with Gasteiger partial charge in [0.15, 0.2) is 9.84 Å². The number of sulfone groups is 1. The molecule has 0 amide bonds. The average Bonchev–Trinajstić information content (AvgIpc) is 2.53. The molecule has 0 atom stereocenters. The van der Waals surface area contributed by atoms with Gasteiger partial charge in [-0.25, -0.2) is 17.2 Å². The number of aryl methyl sites for hydroxylation is 2. The topological polar surface area (TPSA) is 78.0 Å². The van der Waals surface area contributed by atoms with Crippen LogP contribution in [0, 0.1) is 18.6 Å². The second-order valence-corrected chi connectivity index (χ2v) is 6.85. The molecule has 0 aliphatic rings. The van der Waals surface area contributed by atoms with E-state index in [2.05, 4.69) is 5.10 Å². The van der Waals surface area contributed by atoms with Crippen LogP contribution in [0.2, 0.25) is 5.02 Å². The molecule has 2 N–H and O–H groups in total. The maximum atomic E-state index is 13.8. The molecule has 0 spiro atoms. The summed E-state index contributed by atoms with van der Waals surface area (Å²) in [7, 11) is -2.77. The highest BCUT2D eigenvalue weighted by atomic mass is 35.5. The number of halogens is 3. The minimum Gasteiger partial charge on any atom is -0.399 e. The highest BCUT2D eigenvalue weighted by molar-refractivity contribution is 7.90. The van der Waals surface area contributed by atoms with Crippen molar-refractivity contribution in [2.75, 3.05) is 5.73 Å². The van der Waals surface area contributed by atoms with Gasteiger partial charge in [0.1, 0.15) is 16.5 Å². The van der Waals surface area contributed by atoms with E-state index in [-0.39, 0.29) is 16.4 Å². The SMILES string of the molecule is Cc1nn(C)c(CS(=O)(=O)c2c(F)cc(N)cc2F)c1Cl. The zero-order chi connectivity index (χ0) is 15.9. The number of rotatable bonds is 3. The Labute approximate surface area is 125 Å². The Morgan fingerprint density at radius 2 is 1.86 bits per heavy atom. The molecule has 2 rings (SSSR count). The number of nitrogens with zero attached hydrogens (tertiary/aromatic N) is 2. The maximum absolute atomic E-state index is 13.8. The molecule has 0 unspecified atom stereocenters. The third-order valence-corrected chi connectivity index (χ3v) is 5.08. The number of hydrogen-bond acceptors (Lipinski definition) is 4. The molecule has 0 saturated heterocycles. The summed E-state index contributed by atoms with van der Waals surface area (Å²) in [6.07, 6.45) is 0. The Kier molecular flexibility index (Phi) is 3.94. The van der Waals surface area contributed by atoms with Crippen LogP contribution in [-0.4, -0.2) is 18.2 Å². The molecule has 114 valence electrons. The molecule has 0 fully saturated rings. The fourth-order valence-corrected chi connectivity index (χ4v) is 3.82. The normalized spacial score (nSPS) is 11.9. The largest absolute Gasteiger partial charge is 0.399 e. The van der Waals surface area contributed by atoms with E-state index in [1.807, 2.05) is 0 Å². The molecule has 9 heteroatoms. The van der Waals surface area contributed by atoms with Crippen LogP contribution in [-0.2, 0) is 22.6 Å². The highest BCUT2D eigenvalue weighted by Gasteiger charge is 2.28. The van der Waals surface area contributed by atoms with Crippen molar-refractivity contribution in [1.29, 1.82) is 0 Å². The second kappa shape index (κ2) is 5.27. The minimum absolute atomic E-state index is 0.150. The van der Waals surface area contributed by atoms with Crippen molar-refractivity contribution in [2.24, 2.45) is 7.05 Å². The fourth-order valence-electron chi connectivity index (χ4n) is 1.97. The van der Waals surface area contributed by atoms with Crippen molar-refractivity contribution in [1.82, 2.24) is 9.78 Å². The quantitative estimate of drug-likeness (QED) is 0.872. The van der Waals surface area contributed by atoms with Gasteiger partial charge in [-0.2, -0.15) is 5.10 Å². The summed E-state index contributed by atoms with van der Waals surface area (Å²) in [6.45, 7) is 1.60. The van der Waals surface area contributed by atoms with E-state index >= 15 is 0 Å². The van der Waals surface area contributed by atoms with Gasteiger partial charge in [-0.15, -0.1) is 0 Å². The Morgan fingerprint density at radius 3 is 2.29 bits per heavy atom. The zero-order valence-corrected chi connectivity index (χ0v) is 12.8. The van der Waals surface area contributed by atoms with Crippen LogP contribution in [0.3, 0.4) is 0 Å². The third kappa shape index (κ3) is 2.86. The van der Waals surface area contributed by atoms with Gasteiger partial charge in [0, 0.05) is 12.7 Å². The number of hydrogen-bond donors (Lipinski definition) is 1. The second-order valence-electron chi connectivity index (χ2n) is 4.54. The molecule has 1 heterocycles. The molecule has 1 aromatic heterocycles. The molecule has 0 aliphatic carbocycles. The van der Waals surface area contributed by atoms with E-state index in [1.54, 1.807) is 6.92 Å². The first-order chi connectivity index (χ1) is 9.63. The van der Waals surface area contributed by atoms with E-state index < -0.39 is 32.1 Å². The smallest absolute Gasteiger partial charge is 0.189 e. The molecular formula is C12H12ClF2N3O2S. The van der Waals surface area contributed by atoms with Gasteiger partial charge >= 0.3 is 0 Å². The summed E-state index contributed by atoms with van der Waals surface area (Å²) in [5.41, 5.74) is 5.66. The summed E-state index contributed by atoms with van der Waals surface area (Å²) >= 11 is 5.96. The van der Waals surface area contributed by atoms with Gasteiger partial charge in [0.25, 0.3) is 0 Å². The summed E-state index contributed by atoms with van der Waals surface area (Å²) in [4.78, 5) is -1.02. The van der Waals surface area contributed by atoms with Gasteiger partial charge in [-0.05, 0) is 19.1 Å². The monoisotopic (exact) mass is 335 g/mol. The fraction of sp³-hybridized carbons (Fsp3) is 0.250. The van der Waals surface area contributed by atoms with E-state index in [9.17, 15) is 17.2 Å². The first kappa shape index (κ1) is 15.7. The van der Waals surface area contributed by atoms with E-state index in [1.165, 1.54) is 11.7 Å². The lowest BCUT2D eigenvalue weighted by Gasteiger charge is -2.08. The molecule has 21 heavy (non-hydrogen) atoms. The highest BCUT2D eigenvalue weighted by Crippen LogP contribution is 2.28. The first-order valence-electron chi connectivity index (χ1n) is 5.78. The van der Waals surface area contributed by atoms with Crippen molar-refractivity contribution in [3.63, 3.8) is 0 Å². The lowest BCUT2D eigenvalue weighted by atomic mass is 10.3. The van der Waals surface area contributed by atoms with Crippen molar-refractivity contribution >= 4 is 27.1 Å². The van der Waals surface area contributed by atoms with Crippen molar-refractivity contribution in [2.45, 2.75) is 17.6 Å². The minimum atomic E-state index is -4.27. The molecule has 0 saturated carbocycles. The predicted octanol–water partition coefficient (Wildman–Crippen LogP) is 2.22. The predicted molar refractivity (Wildman–Crippen MR) is 74.6 cm³/mol. The van der Waals surface area contributed by atoms with Gasteiger partial charge in [-0.1, -0.05) is 11.6 Å². The van der Waals surface area contributed by atoms with Crippen LogP contribution in [0.1, 0.15) is 11.4 Å². The van der Waals surface area contributed by atoms with Crippen LogP contribution >= 0.6 is 11.6 Å². The Hall–Kier alpha value is -1.67. The van der Waals surface area contributed by atoms with E-state index in [0.29, 0.717) is 5.69 Å². The Balaban J connectivity index is 2.54. The maximum Gasteiger partial charge on any atom is 0.189 e. The van der Waals surface area contributed by atoms with Crippen molar-refractivity contribution < 1.29 is 17.2 Å². The van der Waals surface area contributed by atoms with E-state index in [4.69, 9.17) is 17.3 Å². The number of nitrogens with two attached hydrogens (primary N) is 1.